The third kappa shape index (κ3) is 4.37. The molecule has 0 saturated heterocycles. The van der Waals surface area contributed by atoms with Crippen molar-refractivity contribution in [3.63, 3.8) is 0 Å². The molecule has 1 aliphatic rings. The minimum atomic E-state index is -0.344. The van der Waals surface area contributed by atoms with Crippen molar-refractivity contribution in [1.29, 1.82) is 0 Å². The lowest BCUT2D eigenvalue weighted by Crippen LogP contribution is -2.31. The molecule has 1 atom stereocenters. The van der Waals surface area contributed by atoms with Crippen LogP contribution >= 0.6 is 23.2 Å². The molecule has 118 valence electrons. The molecular formula is C18H26Cl2O. The number of benzene rings is 1. The number of aliphatic hydroxyl groups is 1. The predicted octanol–water partition coefficient (Wildman–Crippen LogP) is 5.75. The summed E-state index contributed by atoms with van der Waals surface area (Å²) in [5.74, 6) is 1.14. The molecule has 1 N–H and O–H groups in total. The number of hydrogen-bond donors (Lipinski definition) is 1. The molecule has 0 bridgehead atoms. The van der Waals surface area contributed by atoms with Gasteiger partial charge in [0.15, 0.2) is 0 Å². The molecule has 1 fully saturated rings. The van der Waals surface area contributed by atoms with Crippen LogP contribution in [0, 0.1) is 17.3 Å². The van der Waals surface area contributed by atoms with Crippen LogP contribution in [-0.2, 0) is 6.42 Å². The lowest BCUT2D eigenvalue weighted by Gasteiger charge is -2.38. The first-order chi connectivity index (χ1) is 9.79. The third-order valence-electron chi connectivity index (χ3n) is 5.02. The molecule has 2 rings (SSSR count). The van der Waals surface area contributed by atoms with Gasteiger partial charge in [0.05, 0.1) is 6.10 Å². The highest BCUT2D eigenvalue weighted by Gasteiger charge is 2.32. The van der Waals surface area contributed by atoms with Crippen LogP contribution in [0.4, 0.5) is 0 Å². The van der Waals surface area contributed by atoms with Crippen molar-refractivity contribution < 1.29 is 5.11 Å². The van der Waals surface area contributed by atoms with Gasteiger partial charge < -0.3 is 5.11 Å². The molecule has 1 nitrogen and oxygen atoms in total. The number of aliphatic hydroxyl groups excluding tert-OH is 1. The van der Waals surface area contributed by atoms with Gasteiger partial charge in [0.2, 0.25) is 0 Å². The average molecular weight is 329 g/mol. The highest BCUT2D eigenvalue weighted by Crippen LogP contribution is 2.41. The zero-order chi connectivity index (χ0) is 15.6. The van der Waals surface area contributed by atoms with Gasteiger partial charge in [0, 0.05) is 16.5 Å². The van der Waals surface area contributed by atoms with E-state index in [1.807, 2.05) is 18.2 Å². The van der Waals surface area contributed by atoms with E-state index in [0.717, 1.165) is 24.3 Å². The fourth-order valence-electron chi connectivity index (χ4n) is 3.47. The molecule has 1 aromatic carbocycles. The van der Waals surface area contributed by atoms with Gasteiger partial charge >= 0.3 is 0 Å². The van der Waals surface area contributed by atoms with Crippen molar-refractivity contribution >= 4 is 23.2 Å². The van der Waals surface area contributed by atoms with Crippen LogP contribution in [0.2, 0.25) is 10.0 Å². The van der Waals surface area contributed by atoms with Crippen molar-refractivity contribution in [2.24, 2.45) is 17.3 Å². The van der Waals surface area contributed by atoms with Gasteiger partial charge in [-0.25, -0.2) is 0 Å². The number of rotatable bonds is 3. The van der Waals surface area contributed by atoms with Crippen LogP contribution in [0.15, 0.2) is 18.2 Å². The van der Waals surface area contributed by atoms with E-state index in [1.165, 1.54) is 12.8 Å². The Morgan fingerprint density at radius 1 is 1.10 bits per heavy atom. The Morgan fingerprint density at radius 2 is 1.62 bits per heavy atom. The van der Waals surface area contributed by atoms with Crippen LogP contribution in [0.5, 0.6) is 0 Å². The second-order valence-electron chi connectivity index (χ2n) is 7.45. The smallest absolute Gasteiger partial charge is 0.0609 e. The van der Waals surface area contributed by atoms with E-state index in [1.54, 1.807) is 0 Å². The standard InChI is InChI=1S/C18H26Cl2O/c1-18(2,3)13-9-7-12(8-10-13)17(21)11-14-15(19)5-4-6-16(14)20/h4-6,12-13,17,21H,7-11H2,1-3H3. The Labute approximate surface area is 138 Å². The largest absolute Gasteiger partial charge is 0.392 e. The molecule has 21 heavy (non-hydrogen) atoms. The summed E-state index contributed by atoms with van der Waals surface area (Å²) in [6, 6.07) is 5.52. The molecule has 1 unspecified atom stereocenters. The maximum Gasteiger partial charge on any atom is 0.0609 e. The highest BCUT2D eigenvalue weighted by atomic mass is 35.5. The van der Waals surface area contributed by atoms with Crippen LogP contribution in [-0.4, -0.2) is 11.2 Å². The maximum absolute atomic E-state index is 10.5. The second-order valence-corrected chi connectivity index (χ2v) is 8.26. The van der Waals surface area contributed by atoms with Gasteiger partial charge in [-0.2, -0.15) is 0 Å². The lowest BCUT2D eigenvalue weighted by molar-refractivity contribution is 0.0537. The molecule has 0 spiro atoms. The van der Waals surface area contributed by atoms with Crippen LogP contribution < -0.4 is 0 Å². The van der Waals surface area contributed by atoms with E-state index in [4.69, 9.17) is 23.2 Å². The Bertz CT molecular complexity index is 450. The third-order valence-corrected chi connectivity index (χ3v) is 5.72. The molecule has 0 heterocycles. The minimum Gasteiger partial charge on any atom is -0.392 e. The minimum absolute atomic E-state index is 0.344. The molecule has 0 radical (unpaired) electrons. The Kier molecular flexibility index (Phi) is 5.62. The summed E-state index contributed by atoms with van der Waals surface area (Å²) < 4.78 is 0. The fraction of sp³-hybridized carbons (Fsp3) is 0.667. The van der Waals surface area contributed by atoms with Gasteiger partial charge in [-0.05, 0) is 60.6 Å². The van der Waals surface area contributed by atoms with Crippen LogP contribution in [0.3, 0.4) is 0 Å². The van der Waals surface area contributed by atoms with Gasteiger partial charge in [-0.3, -0.25) is 0 Å². The lowest BCUT2D eigenvalue weighted by atomic mass is 9.68. The molecular weight excluding hydrogens is 303 g/mol. The predicted molar refractivity (Wildman–Crippen MR) is 91.1 cm³/mol. The van der Waals surface area contributed by atoms with Crippen molar-refractivity contribution in [2.45, 2.75) is 59.0 Å². The summed E-state index contributed by atoms with van der Waals surface area (Å²) in [6.07, 6.45) is 4.84. The van der Waals surface area contributed by atoms with E-state index in [9.17, 15) is 5.11 Å². The Morgan fingerprint density at radius 3 is 2.10 bits per heavy atom. The molecule has 1 saturated carbocycles. The summed E-state index contributed by atoms with van der Waals surface area (Å²) in [7, 11) is 0. The second kappa shape index (κ2) is 6.89. The SMILES string of the molecule is CC(C)(C)C1CCC(C(O)Cc2c(Cl)cccc2Cl)CC1. The first kappa shape index (κ1) is 17.1. The first-order valence-electron chi connectivity index (χ1n) is 7.90. The summed E-state index contributed by atoms with van der Waals surface area (Å²) >= 11 is 12.4. The van der Waals surface area contributed by atoms with Crippen molar-refractivity contribution in [3.8, 4) is 0 Å². The Balaban J connectivity index is 1.95. The molecule has 0 aliphatic heterocycles. The number of halogens is 2. The van der Waals surface area contributed by atoms with E-state index in [2.05, 4.69) is 20.8 Å². The van der Waals surface area contributed by atoms with Gasteiger partial charge in [0.25, 0.3) is 0 Å². The van der Waals surface area contributed by atoms with E-state index in [0.29, 0.717) is 27.8 Å². The van der Waals surface area contributed by atoms with Crippen LogP contribution in [0.1, 0.15) is 52.0 Å². The monoisotopic (exact) mass is 328 g/mol. The summed E-state index contributed by atoms with van der Waals surface area (Å²) in [5.41, 5.74) is 1.26. The molecule has 3 heteroatoms. The van der Waals surface area contributed by atoms with Crippen molar-refractivity contribution in [1.82, 2.24) is 0 Å². The molecule has 1 aromatic rings. The van der Waals surface area contributed by atoms with E-state index in [-0.39, 0.29) is 6.10 Å². The first-order valence-corrected chi connectivity index (χ1v) is 8.65. The zero-order valence-electron chi connectivity index (χ0n) is 13.2. The highest BCUT2D eigenvalue weighted by molar-refractivity contribution is 6.35. The summed E-state index contributed by atoms with van der Waals surface area (Å²) in [5, 5.41) is 11.9. The van der Waals surface area contributed by atoms with Crippen molar-refractivity contribution in [3.05, 3.63) is 33.8 Å². The molecule has 1 aliphatic carbocycles. The summed E-state index contributed by atoms with van der Waals surface area (Å²) in [4.78, 5) is 0. The summed E-state index contributed by atoms with van der Waals surface area (Å²) in [6.45, 7) is 6.95. The normalized spacial score (nSPS) is 24.9. The van der Waals surface area contributed by atoms with Gasteiger partial charge in [-0.1, -0.05) is 50.0 Å². The Hall–Kier alpha value is -0.240. The van der Waals surface area contributed by atoms with Crippen LogP contribution in [0.25, 0.3) is 0 Å². The maximum atomic E-state index is 10.5. The van der Waals surface area contributed by atoms with Crippen molar-refractivity contribution in [2.75, 3.05) is 0 Å². The quantitative estimate of drug-likeness (QED) is 0.748. The average Bonchev–Trinajstić information content (AvgIpc) is 2.42. The van der Waals surface area contributed by atoms with E-state index >= 15 is 0 Å². The fourth-order valence-corrected chi connectivity index (χ4v) is 4.02. The zero-order valence-corrected chi connectivity index (χ0v) is 14.7. The van der Waals surface area contributed by atoms with E-state index < -0.39 is 0 Å². The van der Waals surface area contributed by atoms with Gasteiger partial charge in [0.1, 0.15) is 0 Å². The topological polar surface area (TPSA) is 20.2 Å². The molecule has 0 aromatic heterocycles. The molecule has 0 amide bonds. The van der Waals surface area contributed by atoms with Gasteiger partial charge in [-0.15, -0.1) is 0 Å². The number of hydrogen-bond acceptors (Lipinski definition) is 1.